The van der Waals surface area contributed by atoms with Crippen LogP contribution in [-0.4, -0.2) is 16.9 Å². The number of amides is 1. The Bertz CT molecular complexity index is 766. The monoisotopic (exact) mass is 356 g/mol. The summed E-state index contributed by atoms with van der Waals surface area (Å²) in [5, 5.41) is 8.08. The molecule has 1 aromatic carbocycles. The molecule has 0 bridgehead atoms. The highest BCUT2D eigenvalue weighted by Crippen LogP contribution is 2.27. The number of hydrogen-bond donors (Lipinski definition) is 1. The molecule has 3 aromatic rings. The quantitative estimate of drug-likeness (QED) is 0.675. The molecule has 0 unspecified atom stereocenters. The van der Waals surface area contributed by atoms with Crippen molar-refractivity contribution in [2.24, 2.45) is 0 Å². The Morgan fingerprint density at radius 2 is 2.00 bits per heavy atom. The third-order valence-electron chi connectivity index (χ3n) is 3.74. The highest BCUT2D eigenvalue weighted by Gasteiger charge is 2.12. The van der Waals surface area contributed by atoms with Crippen LogP contribution < -0.4 is 5.32 Å². The molecule has 1 atom stereocenters. The topological polar surface area (TPSA) is 42.0 Å². The van der Waals surface area contributed by atoms with Gasteiger partial charge in [0.15, 0.2) is 0 Å². The average molecular weight is 357 g/mol. The fourth-order valence-corrected chi connectivity index (χ4v) is 4.13. The minimum Gasteiger partial charge on any atom is -0.353 e. The number of aryl methyl sites for hydroxylation is 1. The van der Waals surface area contributed by atoms with Crippen LogP contribution in [0, 0.1) is 0 Å². The predicted molar refractivity (Wildman–Crippen MR) is 101 cm³/mol. The van der Waals surface area contributed by atoms with Gasteiger partial charge in [-0.3, -0.25) is 4.79 Å². The lowest BCUT2D eigenvalue weighted by molar-refractivity contribution is -0.121. The molecular formula is C19H20N2OS2. The van der Waals surface area contributed by atoms with Crippen molar-refractivity contribution in [3.05, 3.63) is 64.5 Å². The number of thiazole rings is 1. The molecule has 0 aliphatic rings. The van der Waals surface area contributed by atoms with Gasteiger partial charge in [0.2, 0.25) is 5.91 Å². The second-order valence-corrected chi connectivity index (χ2v) is 7.60. The maximum atomic E-state index is 12.2. The molecule has 24 heavy (non-hydrogen) atoms. The van der Waals surface area contributed by atoms with E-state index in [1.165, 1.54) is 5.56 Å². The van der Waals surface area contributed by atoms with Crippen molar-refractivity contribution in [2.75, 3.05) is 0 Å². The SMILES string of the molecule is C[C@@H](CCc1ccccc1)NC(=O)Cc1csc(-c2cccs2)n1. The maximum Gasteiger partial charge on any atom is 0.226 e. The van der Waals surface area contributed by atoms with E-state index in [1.54, 1.807) is 22.7 Å². The molecule has 0 saturated heterocycles. The lowest BCUT2D eigenvalue weighted by Crippen LogP contribution is -2.34. The van der Waals surface area contributed by atoms with Crippen LogP contribution in [-0.2, 0) is 17.6 Å². The largest absolute Gasteiger partial charge is 0.353 e. The summed E-state index contributed by atoms with van der Waals surface area (Å²) in [5.41, 5.74) is 2.15. The zero-order valence-corrected chi connectivity index (χ0v) is 15.2. The Balaban J connectivity index is 1.47. The van der Waals surface area contributed by atoms with Crippen LogP contribution in [0.1, 0.15) is 24.6 Å². The number of carbonyl (C=O) groups is 1. The molecule has 0 saturated carbocycles. The lowest BCUT2D eigenvalue weighted by atomic mass is 10.1. The van der Waals surface area contributed by atoms with Gasteiger partial charge >= 0.3 is 0 Å². The van der Waals surface area contributed by atoms with E-state index in [2.05, 4.69) is 35.4 Å². The zero-order chi connectivity index (χ0) is 16.8. The second kappa shape index (κ2) is 8.22. The van der Waals surface area contributed by atoms with Gasteiger partial charge in [0.1, 0.15) is 5.01 Å². The normalized spacial score (nSPS) is 12.0. The van der Waals surface area contributed by atoms with Gasteiger partial charge < -0.3 is 5.32 Å². The first-order valence-electron chi connectivity index (χ1n) is 8.02. The summed E-state index contributed by atoms with van der Waals surface area (Å²) in [5.74, 6) is 0.0404. The molecule has 1 amide bonds. The summed E-state index contributed by atoms with van der Waals surface area (Å²) in [6.07, 6.45) is 2.26. The Morgan fingerprint density at radius 3 is 2.75 bits per heavy atom. The van der Waals surface area contributed by atoms with Crippen LogP contribution in [0.25, 0.3) is 9.88 Å². The lowest BCUT2D eigenvalue weighted by Gasteiger charge is -2.13. The molecule has 0 fully saturated rings. The number of rotatable bonds is 7. The smallest absolute Gasteiger partial charge is 0.226 e. The second-order valence-electron chi connectivity index (χ2n) is 5.79. The van der Waals surface area contributed by atoms with E-state index in [-0.39, 0.29) is 11.9 Å². The number of hydrogen-bond acceptors (Lipinski definition) is 4. The summed E-state index contributed by atoms with van der Waals surface area (Å²) in [6.45, 7) is 2.05. The third kappa shape index (κ3) is 4.76. The summed E-state index contributed by atoms with van der Waals surface area (Å²) < 4.78 is 0. The highest BCUT2D eigenvalue weighted by atomic mass is 32.1. The highest BCUT2D eigenvalue weighted by molar-refractivity contribution is 7.20. The number of nitrogens with one attached hydrogen (secondary N) is 1. The van der Waals surface area contributed by atoms with Crippen molar-refractivity contribution in [1.82, 2.24) is 10.3 Å². The summed E-state index contributed by atoms with van der Waals surface area (Å²) >= 11 is 3.27. The maximum absolute atomic E-state index is 12.2. The molecule has 3 nitrogen and oxygen atoms in total. The van der Waals surface area contributed by atoms with E-state index < -0.39 is 0 Å². The summed E-state index contributed by atoms with van der Waals surface area (Å²) in [7, 11) is 0. The fraction of sp³-hybridized carbons (Fsp3) is 0.263. The first-order valence-corrected chi connectivity index (χ1v) is 9.78. The van der Waals surface area contributed by atoms with Gasteiger partial charge in [-0.05, 0) is 36.8 Å². The molecular weight excluding hydrogens is 336 g/mol. The van der Waals surface area contributed by atoms with Gasteiger partial charge in [0.25, 0.3) is 0 Å². The molecule has 124 valence electrons. The minimum absolute atomic E-state index is 0.0404. The van der Waals surface area contributed by atoms with E-state index in [1.807, 2.05) is 35.0 Å². The van der Waals surface area contributed by atoms with Crippen molar-refractivity contribution in [2.45, 2.75) is 32.2 Å². The average Bonchev–Trinajstić information content (AvgIpc) is 3.25. The Labute approximate surface area is 150 Å². The number of benzene rings is 1. The summed E-state index contributed by atoms with van der Waals surface area (Å²) in [6, 6.07) is 14.6. The van der Waals surface area contributed by atoms with Crippen LogP contribution in [0.2, 0.25) is 0 Å². The Hall–Kier alpha value is -1.98. The standard InChI is InChI=1S/C19H20N2OS2/c1-14(9-10-15-6-3-2-4-7-15)20-18(22)12-16-13-24-19(21-16)17-8-5-11-23-17/h2-8,11,13-14H,9-10,12H2,1H3,(H,20,22)/t14-/m0/s1. The van der Waals surface area contributed by atoms with Crippen molar-refractivity contribution in [3.63, 3.8) is 0 Å². The van der Waals surface area contributed by atoms with E-state index in [0.29, 0.717) is 6.42 Å². The van der Waals surface area contributed by atoms with Gasteiger partial charge in [-0.25, -0.2) is 4.98 Å². The number of carbonyl (C=O) groups excluding carboxylic acids is 1. The van der Waals surface area contributed by atoms with Gasteiger partial charge in [0, 0.05) is 11.4 Å². The van der Waals surface area contributed by atoms with E-state index in [0.717, 1.165) is 28.4 Å². The number of nitrogens with zero attached hydrogens (tertiary/aromatic N) is 1. The number of aromatic nitrogens is 1. The van der Waals surface area contributed by atoms with Crippen molar-refractivity contribution in [3.8, 4) is 9.88 Å². The predicted octanol–water partition coefficient (Wildman–Crippen LogP) is 4.55. The summed E-state index contributed by atoms with van der Waals surface area (Å²) in [4.78, 5) is 17.9. The Morgan fingerprint density at radius 1 is 1.17 bits per heavy atom. The first-order chi connectivity index (χ1) is 11.7. The molecule has 3 rings (SSSR count). The van der Waals surface area contributed by atoms with E-state index >= 15 is 0 Å². The van der Waals surface area contributed by atoms with Gasteiger partial charge in [0.05, 0.1) is 17.0 Å². The fourth-order valence-electron chi connectivity index (χ4n) is 2.49. The molecule has 0 aliphatic carbocycles. The molecule has 0 radical (unpaired) electrons. The molecule has 2 aromatic heterocycles. The minimum atomic E-state index is 0.0404. The van der Waals surface area contributed by atoms with Crippen LogP contribution >= 0.6 is 22.7 Å². The molecule has 5 heteroatoms. The van der Waals surface area contributed by atoms with E-state index in [9.17, 15) is 4.79 Å². The van der Waals surface area contributed by atoms with Crippen LogP contribution in [0.15, 0.2) is 53.2 Å². The van der Waals surface area contributed by atoms with Crippen molar-refractivity contribution in [1.29, 1.82) is 0 Å². The Kier molecular flexibility index (Phi) is 5.77. The molecule has 1 N–H and O–H groups in total. The van der Waals surface area contributed by atoms with Crippen LogP contribution in [0.5, 0.6) is 0 Å². The third-order valence-corrected chi connectivity index (χ3v) is 5.67. The van der Waals surface area contributed by atoms with E-state index in [4.69, 9.17) is 0 Å². The van der Waals surface area contributed by atoms with Crippen LogP contribution in [0.4, 0.5) is 0 Å². The zero-order valence-electron chi connectivity index (χ0n) is 13.6. The van der Waals surface area contributed by atoms with Gasteiger partial charge in [-0.2, -0.15) is 0 Å². The number of thiophene rings is 1. The van der Waals surface area contributed by atoms with Crippen molar-refractivity contribution >= 4 is 28.6 Å². The van der Waals surface area contributed by atoms with Gasteiger partial charge in [-0.1, -0.05) is 36.4 Å². The van der Waals surface area contributed by atoms with Crippen LogP contribution in [0.3, 0.4) is 0 Å². The first kappa shape index (κ1) is 16.9. The molecule has 0 aliphatic heterocycles. The molecule has 2 heterocycles. The van der Waals surface area contributed by atoms with Crippen molar-refractivity contribution < 1.29 is 4.79 Å². The molecule has 0 spiro atoms. The van der Waals surface area contributed by atoms with Gasteiger partial charge in [-0.15, -0.1) is 22.7 Å².